The highest BCUT2D eigenvalue weighted by molar-refractivity contribution is 5.79. The predicted octanol–water partition coefficient (Wildman–Crippen LogP) is 2.35. The van der Waals surface area contributed by atoms with Gasteiger partial charge >= 0.3 is 0 Å². The van der Waals surface area contributed by atoms with Gasteiger partial charge in [-0.1, -0.05) is 0 Å². The van der Waals surface area contributed by atoms with Gasteiger partial charge in [0.25, 0.3) is 0 Å². The van der Waals surface area contributed by atoms with E-state index in [1.807, 2.05) is 23.9 Å². The van der Waals surface area contributed by atoms with Crippen LogP contribution in [0.15, 0.2) is 41.7 Å². The SMILES string of the molecule is CCNC(=NCCCn1cccn1)NCCc1cc(F)ccc1F. The summed E-state index contributed by atoms with van der Waals surface area (Å²) in [6, 6.07) is 5.39. The second-order valence-corrected chi connectivity index (χ2v) is 5.30. The lowest BCUT2D eigenvalue weighted by molar-refractivity contribution is 0.580. The topological polar surface area (TPSA) is 54.2 Å². The minimum atomic E-state index is -0.425. The van der Waals surface area contributed by atoms with Crippen molar-refractivity contribution in [2.24, 2.45) is 4.99 Å². The Morgan fingerprint density at radius 1 is 1.29 bits per heavy atom. The molecule has 2 N–H and O–H groups in total. The van der Waals surface area contributed by atoms with Crippen molar-refractivity contribution in [3.8, 4) is 0 Å². The number of rotatable bonds is 8. The van der Waals surface area contributed by atoms with Gasteiger partial charge in [-0.2, -0.15) is 5.10 Å². The van der Waals surface area contributed by atoms with E-state index >= 15 is 0 Å². The van der Waals surface area contributed by atoms with Gasteiger partial charge in [-0.3, -0.25) is 9.67 Å². The lowest BCUT2D eigenvalue weighted by atomic mass is 10.1. The first kappa shape index (κ1) is 17.9. The molecule has 1 heterocycles. The number of guanidine groups is 1. The quantitative estimate of drug-likeness (QED) is 0.442. The fraction of sp³-hybridized carbons (Fsp3) is 0.412. The van der Waals surface area contributed by atoms with Crippen LogP contribution in [0.1, 0.15) is 18.9 Å². The Morgan fingerprint density at radius 2 is 2.17 bits per heavy atom. The van der Waals surface area contributed by atoms with Crippen molar-refractivity contribution in [3.63, 3.8) is 0 Å². The molecular weight excluding hydrogens is 312 g/mol. The van der Waals surface area contributed by atoms with Crippen LogP contribution in [0, 0.1) is 11.6 Å². The van der Waals surface area contributed by atoms with Gasteiger partial charge in [-0.25, -0.2) is 8.78 Å². The minimum absolute atomic E-state index is 0.358. The van der Waals surface area contributed by atoms with Crippen LogP contribution >= 0.6 is 0 Å². The molecule has 2 rings (SSSR count). The highest BCUT2D eigenvalue weighted by Gasteiger charge is 2.04. The molecule has 0 unspecified atom stereocenters. The number of hydrogen-bond donors (Lipinski definition) is 2. The van der Waals surface area contributed by atoms with Crippen molar-refractivity contribution in [3.05, 3.63) is 53.9 Å². The molecule has 0 atom stereocenters. The zero-order valence-corrected chi connectivity index (χ0v) is 13.8. The first-order valence-electron chi connectivity index (χ1n) is 8.12. The van der Waals surface area contributed by atoms with Gasteiger partial charge in [0.2, 0.25) is 0 Å². The maximum absolute atomic E-state index is 13.6. The van der Waals surface area contributed by atoms with Gasteiger partial charge < -0.3 is 10.6 Å². The van der Waals surface area contributed by atoms with Crippen molar-refractivity contribution in [2.75, 3.05) is 19.6 Å². The van der Waals surface area contributed by atoms with Crippen LogP contribution in [0.5, 0.6) is 0 Å². The average Bonchev–Trinajstić information content (AvgIpc) is 3.08. The summed E-state index contributed by atoms with van der Waals surface area (Å²) in [4.78, 5) is 4.47. The largest absolute Gasteiger partial charge is 0.357 e. The smallest absolute Gasteiger partial charge is 0.191 e. The molecule has 0 aliphatic carbocycles. The summed E-state index contributed by atoms with van der Waals surface area (Å²) in [6.45, 7) is 4.66. The van der Waals surface area contributed by atoms with Crippen molar-refractivity contribution in [2.45, 2.75) is 26.3 Å². The molecule has 0 saturated heterocycles. The Labute approximate surface area is 140 Å². The number of nitrogens with zero attached hydrogens (tertiary/aromatic N) is 3. The minimum Gasteiger partial charge on any atom is -0.357 e. The van der Waals surface area contributed by atoms with Crippen molar-refractivity contribution < 1.29 is 8.78 Å². The van der Waals surface area contributed by atoms with Crippen LogP contribution in [0.2, 0.25) is 0 Å². The molecule has 0 amide bonds. The molecule has 5 nitrogen and oxygen atoms in total. The number of nitrogens with one attached hydrogen (secondary N) is 2. The molecule has 0 radical (unpaired) electrons. The summed E-state index contributed by atoms with van der Waals surface area (Å²) in [5.41, 5.74) is 0.358. The van der Waals surface area contributed by atoms with Crippen LogP contribution in [0.3, 0.4) is 0 Å². The van der Waals surface area contributed by atoms with E-state index in [4.69, 9.17) is 0 Å². The zero-order chi connectivity index (χ0) is 17.2. The fourth-order valence-corrected chi connectivity index (χ4v) is 2.25. The Balaban J connectivity index is 1.77. The van der Waals surface area contributed by atoms with Crippen LogP contribution in [-0.2, 0) is 13.0 Å². The molecule has 0 spiro atoms. The second-order valence-electron chi connectivity index (χ2n) is 5.30. The Morgan fingerprint density at radius 3 is 2.92 bits per heavy atom. The first-order chi connectivity index (χ1) is 11.7. The van der Waals surface area contributed by atoms with E-state index in [9.17, 15) is 8.78 Å². The summed E-state index contributed by atoms with van der Waals surface area (Å²) in [5, 5.41) is 10.4. The molecular formula is C17H23F2N5. The summed E-state index contributed by atoms with van der Waals surface area (Å²) >= 11 is 0. The maximum atomic E-state index is 13.6. The van der Waals surface area contributed by atoms with Gasteiger partial charge in [0, 0.05) is 38.6 Å². The Bertz CT molecular complexity index is 640. The zero-order valence-electron chi connectivity index (χ0n) is 13.8. The van der Waals surface area contributed by atoms with E-state index in [1.165, 1.54) is 6.07 Å². The van der Waals surface area contributed by atoms with E-state index in [-0.39, 0.29) is 5.82 Å². The van der Waals surface area contributed by atoms with Crippen LogP contribution in [0.25, 0.3) is 0 Å². The monoisotopic (exact) mass is 335 g/mol. The standard InChI is InChI=1S/C17H23F2N5/c1-2-20-17(21-8-3-11-24-12-4-9-23-24)22-10-7-14-13-15(18)5-6-16(14)19/h4-6,9,12-13H,2-3,7-8,10-11H2,1H3,(H2,20,21,22). The third kappa shape index (κ3) is 5.98. The van der Waals surface area contributed by atoms with Crippen molar-refractivity contribution in [1.29, 1.82) is 0 Å². The Hall–Kier alpha value is -2.44. The Kier molecular flexibility index (Phi) is 7.20. The van der Waals surface area contributed by atoms with E-state index in [0.29, 0.717) is 31.0 Å². The number of aryl methyl sites for hydroxylation is 1. The van der Waals surface area contributed by atoms with Gasteiger partial charge in [-0.05, 0) is 49.6 Å². The van der Waals surface area contributed by atoms with Gasteiger partial charge in [0.15, 0.2) is 5.96 Å². The molecule has 2 aromatic rings. The van der Waals surface area contributed by atoms with Gasteiger partial charge in [0.05, 0.1) is 0 Å². The highest BCUT2D eigenvalue weighted by Crippen LogP contribution is 2.09. The van der Waals surface area contributed by atoms with Crippen molar-refractivity contribution >= 4 is 5.96 Å². The molecule has 0 saturated carbocycles. The number of aromatic nitrogens is 2. The van der Waals surface area contributed by atoms with Crippen LogP contribution < -0.4 is 10.6 Å². The maximum Gasteiger partial charge on any atom is 0.191 e. The number of aliphatic imine (C=N–C) groups is 1. The lowest BCUT2D eigenvalue weighted by Gasteiger charge is -2.11. The summed E-state index contributed by atoms with van der Waals surface area (Å²) in [5.74, 6) is -0.139. The summed E-state index contributed by atoms with van der Waals surface area (Å²) in [7, 11) is 0. The van der Waals surface area contributed by atoms with E-state index in [2.05, 4.69) is 20.7 Å². The molecule has 130 valence electrons. The average molecular weight is 335 g/mol. The number of halogens is 2. The molecule has 24 heavy (non-hydrogen) atoms. The molecule has 0 fully saturated rings. The third-order valence-electron chi connectivity index (χ3n) is 3.41. The molecule has 7 heteroatoms. The number of hydrogen-bond acceptors (Lipinski definition) is 2. The second kappa shape index (κ2) is 9.64. The van der Waals surface area contributed by atoms with Crippen LogP contribution in [-0.4, -0.2) is 35.4 Å². The molecule has 0 aliphatic rings. The van der Waals surface area contributed by atoms with Gasteiger partial charge in [-0.15, -0.1) is 0 Å². The van der Waals surface area contributed by atoms with E-state index in [0.717, 1.165) is 31.6 Å². The van der Waals surface area contributed by atoms with E-state index < -0.39 is 5.82 Å². The normalized spacial score (nSPS) is 11.5. The third-order valence-corrected chi connectivity index (χ3v) is 3.41. The van der Waals surface area contributed by atoms with Gasteiger partial charge in [0.1, 0.15) is 11.6 Å². The first-order valence-corrected chi connectivity index (χ1v) is 8.12. The highest BCUT2D eigenvalue weighted by atomic mass is 19.1. The van der Waals surface area contributed by atoms with E-state index in [1.54, 1.807) is 6.20 Å². The molecule has 0 aliphatic heterocycles. The lowest BCUT2D eigenvalue weighted by Crippen LogP contribution is -2.38. The molecule has 1 aromatic heterocycles. The van der Waals surface area contributed by atoms with Crippen LogP contribution in [0.4, 0.5) is 8.78 Å². The summed E-state index contributed by atoms with van der Waals surface area (Å²) in [6.07, 6.45) is 4.93. The summed E-state index contributed by atoms with van der Waals surface area (Å²) < 4.78 is 28.6. The molecule has 1 aromatic carbocycles. The number of benzene rings is 1. The fourth-order valence-electron chi connectivity index (χ4n) is 2.25. The predicted molar refractivity (Wildman–Crippen MR) is 90.9 cm³/mol. The molecule has 0 bridgehead atoms. The van der Waals surface area contributed by atoms with Crippen molar-refractivity contribution in [1.82, 2.24) is 20.4 Å².